The summed E-state index contributed by atoms with van der Waals surface area (Å²) < 4.78 is 0. The summed E-state index contributed by atoms with van der Waals surface area (Å²) in [5.74, 6) is -0.296. The van der Waals surface area contributed by atoms with Crippen LogP contribution in [0.5, 0.6) is 0 Å². The maximum atomic E-state index is 10.1. The van der Waals surface area contributed by atoms with E-state index in [1.807, 2.05) is 0 Å². The van der Waals surface area contributed by atoms with Gasteiger partial charge in [-0.15, -0.1) is 0 Å². The summed E-state index contributed by atoms with van der Waals surface area (Å²) in [4.78, 5) is 20.2. The molecule has 0 unspecified atom stereocenters. The summed E-state index contributed by atoms with van der Waals surface area (Å²) in [6.45, 7) is 0. The monoisotopic (exact) mass is 122 g/mol. The minimum atomic E-state index is -0.148. The molecule has 39 valence electrons. The Morgan fingerprint density at radius 2 is 1.50 bits per heavy atom. The average molecular weight is 122 g/mol. The van der Waals surface area contributed by atoms with E-state index in [9.17, 15) is 9.59 Å². The van der Waals surface area contributed by atoms with Gasteiger partial charge in [-0.1, -0.05) is 0 Å². The molecule has 0 aromatic rings. The molecule has 3 nitrogen and oxygen atoms in total. The Hall–Kier alpha value is 0.140. The molecule has 0 saturated carbocycles. The molecule has 1 heterocycles. The Morgan fingerprint density at radius 3 is 1.62 bits per heavy atom. The second kappa shape index (κ2) is 3.22. The van der Waals surface area contributed by atoms with Crippen LogP contribution in [0.25, 0.3) is 0 Å². The summed E-state index contributed by atoms with van der Waals surface area (Å²) in [6.07, 6.45) is 0.748. The van der Waals surface area contributed by atoms with Crippen molar-refractivity contribution >= 4 is 41.4 Å². The van der Waals surface area contributed by atoms with Gasteiger partial charge in [0.15, 0.2) is 0 Å². The van der Waals surface area contributed by atoms with Gasteiger partial charge in [0, 0.05) is 42.4 Å². The quantitative estimate of drug-likeness (QED) is 0.332. The molecule has 2 amide bonds. The van der Waals surface area contributed by atoms with Gasteiger partial charge in [0.25, 0.3) is 0 Å². The molecular weight excluding hydrogens is 117 g/mol. The minimum absolute atomic E-state index is 0. The molecule has 1 aliphatic rings. The first-order valence-electron chi connectivity index (χ1n) is 2.12. The number of hydrogen-bond donors (Lipinski definition) is 1. The summed E-state index contributed by atoms with van der Waals surface area (Å²) in [5, 5.41) is 2.14. The Kier molecular flexibility index (Phi) is 3.28. The average Bonchev–Trinajstić information content (AvgIpc) is 1.87. The van der Waals surface area contributed by atoms with Crippen LogP contribution in [0.4, 0.5) is 0 Å². The van der Waals surface area contributed by atoms with Gasteiger partial charge in [0.05, 0.1) is 0 Å². The van der Waals surface area contributed by atoms with Gasteiger partial charge < -0.3 is 0 Å². The molecule has 0 spiro atoms. The molecule has 1 saturated heterocycles. The number of carbonyl (C=O) groups is 2. The van der Waals surface area contributed by atoms with E-state index in [-0.39, 0.29) is 41.4 Å². The zero-order valence-electron chi connectivity index (χ0n) is 4.73. The molecule has 1 radical (unpaired) electrons. The van der Waals surface area contributed by atoms with Crippen molar-refractivity contribution < 1.29 is 9.59 Å². The van der Waals surface area contributed by atoms with Gasteiger partial charge in [-0.3, -0.25) is 14.9 Å². The smallest absolute Gasteiger partial charge is 0.227 e. The molecule has 0 aromatic carbocycles. The van der Waals surface area contributed by atoms with Crippen molar-refractivity contribution in [2.24, 2.45) is 0 Å². The Bertz CT molecular complexity index is 109. The number of hydrogen-bond acceptors (Lipinski definition) is 2. The van der Waals surface area contributed by atoms with Gasteiger partial charge in [-0.05, 0) is 0 Å². The fourth-order valence-corrected chi connectivity index (χ4v) is 0.508. The molecule has 8 heavy (non-hydrogen) atoms. The number of nitrogens with one attached hydrogen (secondary N) is 1. The molecule has 1 rings (SSSR count). The third-order valence-corrected chi connectivity index (χ3v) is 0.858. The Balaban J connectivity index is 0.000000490. The number of amides is 2. The maximum absolute atomic E-state index is 10.1. The molecule has 1 fully saturated rings. The van der Waals surface area contributed by atoms with Crippen molar-refractivity contribution in [2.45, 2.75) is 12.8 Å². The molecule has 1 aliphatic heterocycles. The SMILES string of the molecule is O=C1CCC(=O)N1.[Na]. The van der Waals surface area contributed by atoms with Gasteiger partial charge in [0.2, 0.25) is 11.8 Å². The van der Waals surface area contributed by atoms with Crippen LogP contribution in [0.2, 0.25) is 0 Å². The second-order valence-corrected chi connectivity index (χ2v) is 1.47. The Morgan fingerprint density at radius 1 is 1.12 bits per heavy atom. The van der Waals surface area contributed by atoms with Crippen LogP contribution in [0, 0.1) is 0 Å². The van der Waals surface area contributed by atoms with Crippen molar-refractivity contribution in [3.8, 4) is 0 Å². The van der Waals surface area contributed by atoms with Gasteiger partial charge in [-0.2, -0.15) is 0 Å². The third-order valence-electron chi connectivity index (χ3n) is 0.858. The number of carbonyl (C=O) groups excluding carboxylic acids is 2. The largest absolute Gasteiger partial charge is 0.296 e. The molecule has 0 aliphatic carbocycles. The van der Waals surface area contributed by atoms with Crippen LogP contribution in [-0.4, -0.2) is 41.4 Å². The first-order chi connectivity index (χ1) is 3.29. The predicted molar refractivity (Wildman–Crippen MR) is 28.1 cm³/mol. The minimum Gasteiger partial charge on any atom is -0.296 e. The Labute approximate surface area is 69.1 Å². The van der Waals surface area contributed by atoms with Crippen LogP contribution in [0.1, 0.15) is 12.8 Å². The first-order valence-corrected chi connectivity index (χ1v) is 2.12. The zero-order valence-corrected chi connectivity index (χ0v) is 6.73. The van der Waals surface area contributed by atoms with E-state index in [0.29, 0.717) is 12.8 Å². The van der Waals surface area contributed by atoms with Crippen LogP contribution in [0.3, 0.4) is 0 Å². The van der Waals surface area contributed by atoms with Gasteiger partial charge in [0.1, 0.15) is 0 Å². The molecule has 4 heteroatoms. The zero-order chi connectivity index (χ0) is 5.28. The van der Waals surface area contributed by atoms with Crippen molar-refractivity contribution in [2.75, 3.05) is 0 Å². The fourth-order valence-electron chi connectivity index (χ4n) is 0.508. The van der Waals surface area contributed by atoms with Crippen molar-refractivity contribution in [3.63, 3.8) is 0 Å². The normalized spacial score (nSPS) is 17.5. The van der Waals surface area contributed by atoms with Crippen LogP contribution in [-0.2, 0) is 9.59 Å². The molecular formula is C4H5NNaO2. The summed E-state index contributed by atoms with van der Waals surface area (Å²) in [7, 11) is 0. The number of imide groups is 1. The standard InChI is InChI=1S/C4H5NO2.Na/c6-3-1-2-4(7)5-3;/h1-2H2,(H,5,6,7);. The maximum Gasteiger partial charge on any atom is 0.227 e. The van der Waals surface area contributed by atoms with Gasteiger partial charge in [-0.25, -0.2) is 0 Å². The van der Waals surface area contributed by atoms with Crippen LogP contribution in [0.15, 0.2) is 0 Å². The summed E-state index contributed by atoms with van der Waals surface area (Å²) >= 11 is 0. The topological polar surface area (TPSA) is 46.2 Å². The van der Waals surface area contributed by atoms with E-state index < -0.39 is 0 Å². The summed E-state index contributed by atoms with van der Waals surface area (Å²) in [6, 6.07) is 0. The van der Waals surface area contributed by atoms with Gasteiger partial charge >= 0.3 is 0 Å². The van der Waals surface area contributed by atoms with E-state index in [0.717, 1.165) is 0 Å². The van der Waals surface area contributed by atoms with E-state index in [1.54, 1.807) is 0 Å². The van der Waals surface area contributed by atoms with Crippen LogP contribution < -0.4 is 5.32 Å². The molecule has 0 aromatic heterocycles. The summed E-state index contributed by atoms with van der Waals surface area (Å²) in [5.41, 5.74) is 0. The van der Waals surface area contributed by atoms with E-state index in [2.05, 4.69) is 5.32 Å². The van der Waals surface area contributed by atoms with Crippen LogP contribution >= 0.6 is 0 Å². The van der Waals surface area contributed by atoms with E-state index in [1.165, 1.54) is 0 Å². The third kappa shape index (κ3) is 1.94. The first kappa shape index (κ1) is 8.14. The number of rotatable bonds is 0. The van der Waals surface area contributed by atoms with Crippen molar-refractivity contribution in [1.82, 2.24) is 5.32 Å². The van der Waals surface area contributed by atoms with Crippen molar-refractivity contribution in [3.05, 3.63) is 0 Å². The molecule has 0 bridgehead atoms. The van der Waals surface area contributed by atoms with E-state index >= 15 is 0 Å². The second-order valence-electron chi connectivity index (χ2n) is 1.47. The fraction of sp³-hybridized carbons (Fsp3) is 0.500. The molecule has 1 N–H and O–H groups in total. The van der Waals surface area contributed by atoms with Crippen molar-refractivity contribution in [1.29, 1.82) is 0 Å². The van der Waals surface area contributed by atoms with E-state index in [4.69, 9.17) is 0 Å². The predicted octanol–water partition coefficient (Wildman–Crippen LogP) is -0.958. The molecule has 0 atom stereocenters.